The zero-order chi connectivity index (χ0) is 12.0. The highest BCUT2D eigenvalue weighted by Gasteiger charge is 2.22. The normalized spacial score (nSPS) is 13.4. The summed E-state index contributed by atoms with van der Waals surface area (Å²) in [7, 11) is 0. The molecule has 0 amide bonds. The first kappa shape index (κ1) is 15.9. The Morgan fingerprint density at radius 3 is 2.53 bits per heavy atom. The molecule has 3 N–H and O–H groups in total. The van der Waals surface area contributed by atoms with E-state index in [-0.39, 0.29) is 19.0 Å². The summed E-state index contributed by atoms with van der Waals surface area (Å²) in [4.78, 5) is 11.4. The Morgan fingerprint density at radius 2 is 2.00 bits per heavy atom. The molecule has 0 aromatic heterocycles. The molecule has 96 valence electrons. The number of benzene rings is 1. The quantitative estimate of drug-likeness (QED) is 0.781. The lowest BCUT2D eigenvalue weighted by Gasteiger charge is -2.15. The average molecular weight is 260 g/mol. The van der Waals surface area contributed by atoms with Gasteiger partial charge in [0.1, 0.15) is 12.6 Å². The molecule has 17 heavy (non-hydrogen) atoms. The van der Waals surface area contributed by atoms with Gasteiger partial charge in [-0.25, -0.2) is 0 Å². The zero-order valence-corrected chi connectivity index (χ0v) is 10.5. The van der Waals surface area contributed by atoms with E-state index in [1.165, 1.54) is 0 Å². The van der Waals surface area contributed by atoms with E-state index in [9.17, 15) is 9.90 Å². The number of carbonyl (C=O) groups excluding carboxylic acids is 1. The Balaban J connectivity index is 0.00000256. The zero-order valence-electron chi connectivity index (χ0n) is 9.70. The molecule has 0 heterocycles. The summed E-state index contributed by atoms with van der Waals surface area (Å²) in [6.07, 6.45) is -0.412. The van der Waals surface area contributed by atoms with Gasteiger partial charge in [0, 0.05) is 0 Å². The van der Waals surface area contributed by atoms with Crippen molar-refractivity contribution in [1.29, 1.82) is 0 Å². The van der Waals surface area contributed by atoms with Gasteiger partial charge in [-0.3, -0.25) is 4.79 Å². The summed E-state index contributed by atoms with van der Waals surface area (Å²) in [6, 6.07) is 8.37. The van der Waals surface area contributed by atoms with Gasteiger partial charge in [-0.1, -0.05) is 37.3 Å². The van der Waals surface area contributed by atoms with Crippen LogP contribution >= 0.6 is 12.4 Å². The summed E-state index contributed by atoms with van der Waals surface area (Å²) >= 11 is 0. The second-order valence-corrected chi connectivity index (χ2v) is 3.59. The minimum absolute atomic E-state index is 0. The maximum atomic E-state index is 11.4. The van der Waals surface area contributed by atoms with Gasteiger partial charge < -0.3 is 15.6 Å². The maximum Gasteiger partial charge on any atom is 0.325 e. The fourth-order valence-corrected chi connectivity index (χ4v) is 1.24. The molecule has 2 atom stereocenters. The molecule has 5 heteroatoms. The Kier molecular flexibility index (Phi) is 7.54. The van der Waals surface area contributed by atoms with E-state index in [1.807, 2.05) is 30.3 Å². The predicted octanol–water partition coefficient (Wildman–Crippen LogP) is 1.25. The molecular formula is C12H18ClNO3. The second-order valence-electron chi connectivity index (χ2n) is 3.59. The van der Waals surface area contributed by atoms with E-state index < -0.39 is 18.1 Å². The molecule has 0 saturated carbocycles. The standard InChI is InChI=1S/C12H17NO3.ClH/c1-2-10(14)11(13)12(15)16-8-9-6-4-3-5-7-9;/h3-7,10-11,14H,2,8,13H2,1H3;1H/t10-,11-;/m0./s1. The Morgan fingerprint density at radius 1 is 1.41 bits per heavy atom. The van der Waals surface area contributed by atoms with Crippen molar-refractivity contribution >= 4 is 18.4 Å². The smallest absolute Gasteiger partial charge is 0.325 e. The third-order valence-electron chi connectivity index (χ3n) is 2.33. The highest BCUT2D eigenvalue weighted by Crippen LogP contribution is 2.03. The molecule has 1 aromatic carbocycles. The number of hydrogen-bond acceptors (Lipinski definition) is 4. The Labute approximate surface area is 107 Å². The number of carbonyl (C=O) groups is 1. The van der Waals surface area contributed by atoms with E-state index in [1.54, 1.807) is 6.92 Å². The van der Waals surface area contributed by atoms with Crippen LogP contribution in [0.4, 0.5) is 0 Å². The van der Waals surface area contributed by atoms with Crippen molar-refractivity contribution in [3.8, 4) is 0 Å². The first-order chi connectivity index (χ1) is 7.65. The van der Waals surface area contributed by atoms with Crippen molar-refractivity contribution in [1.82, 2.24) is 0 Å². The summed E-state index contributed by atoms with van der Waals surface area (Å²) in [5, 5.41) is 9.37. The van der Waals surface area contributed by atoms with Crippen LogP contribution < -0.4 is 5.73 Å². The van der Waals surface area contributed by atoms with Crippen molar-refractivity contribution in [2.24, 2.45) is 5.73 Å². The van der Waals surface area contributed by atoms with Crippen LogP contribution in [0.3, 0.4) is 0 Å². The topological polar surface area (TPSA) is 72.5 Å². The van der Waals surface area contributed by atoms with Gasteiger partial charge in [-0.05, 0) is 12.0 Å². The number of ether oxygens (including phenoxy) is 1. The highest BCUT2D eigenvalue weighted by atomic mass is 35.5. The van der Waals surface area contributed by atoms with Crippen molar-refractivity contribution in [3.63, 3.8) is 0 Å². The third-order valence-corrected chi connectivity index (χ3v) is 2.33. The monoisotopic (exact) mass is 259 g/mol. The summed E-state index contributed by atoms with van der Waals surface area (Å²) in [6.45, 7) is 1.94. The molecule has 0 aliphatic heterocycles. The number of rotatable bonds is 5. The van der Waals surface area contributed by atoms with Crippen LogP contribution in [0.15, 0.2) is 30.3 Å². The van der Waals surface area contributed by atoms with Gasteiger partial charge in [-0.15, -0.1) is 12.4 Å². The number of nitrogens with two attached hydrogens (primary N) is 1. The van der Waals surface area contributed by atoms with Crippen LogP contribution in [0.5, 0.6) is 0 Å². The van der Waals surface area contributed by atoms with Crippen molar-refractivity contribution in [2.45, 2.75) is 32.1 Å². The molecular weight excluding hydrogens is 242 g/mol. The number of hydrogen-bond donors (Lipinski definition) is 2. The van der Waals surface area contributed by atoms with Crippen molar-refractivity contribution < 1.29 is 14.6 Å². The minimum atomic E-state index is -0.964. The van der Waals surface area contributed by atoms with Crippen LogP contribution in [0.2, 0.25) is 0 Å². The van der Waals surface area contributed by atoms with E-state index >= 15 is 0 Å². The predicted molar refractivity (Wildman–Crippen MR) is 67.8 cm³/mol. The minimum Gasteiger partial charge on any atom is -0.460 e. The van der Waals surface area contributed by atoms with Gasteiger partial charge in [0.25, 0.3) is 0 Å². The maximum absolute atomic E-state index is 11.4. The molecule has 4 nitrogen and oxygen atoms in total. The van der Waals surface area contributed by atoms with Gasteiger partial charge in [0.05, 0.1) is 6.10 Å². The van der Waals surface area contributed by atoms with E-state index in [0.29, 0.717) is 6.42 Å². The van der Waals surface area contributed by atoms with E-state index in [4.69, 9.17) is 10.5 Å². The van der Waals surface area contributed by atoms with Crippen molar-refractivity contribution in [2.75, 3.05) is 0 Å². The summed E-state index contributed by atoms with van der Waals surface area (Å²) < 4.78 is 4.99. The van der Waals surface area contributed by atoms with Crippen LogP contribution in [0, 0.1) is 0 Å². The average Bonchev–Trinajstić information content (AvgIpc) is 2.35. The fraction of sp³-hybridized carbons (Fsp3) is 0.417. The molecule has 0 fully saturated rings. The van der Waals surface area contributed by atoms with E-state index in [0.717, 1.165) is 5.56 Å². The lowest BCUT2D eigenvalue weighted by Crippen LogP contribution is -2.42. The lowest BCUT2D eigenvalue weighted by atomic mass is 10.1. The van der Waals surface area contributed by atoms with Crippen LogP contribution in [0.25, 0.3) is 0 Å². The second kappa shape index (κ2) is 8.06. The number of esters is 1. The largest absolute Gasteiger partial charge is 0.460 e. The molecule has 0 saturated heterocycles. The number of aliphatic hydroxyl groups is 1. The van der Waals surface area contributed by atoms with Crippen molar-refractivity contribution in [3.05, 3.63) is 35.9 Å². The summed E-state index contributed by atoms with van der Waals surface area (Å²) in [5.41, 5.74) is 6.41. The number of halogens is 1. The summed E-state index contributed by atoms with van der Waals surface area (Å²) in [5.74, 6) is -0.571. The molecule has 1 rings (SSSR count). The lowest BCUT2D eigenvalue weighted by molar-refractivity contribution is -0.149. The van der Waals surface area contributed by atoms with Gasteiger partial charge >= 0.3 is 5.97 Å². The Bertz CT molecular complexity index is 332. The van der Waals surface area contributed by atoms with Crippen LogP contribution in [0.1, 0.15) is 18.9 Å². The molecule has 1 aromatic rings. The molecule has 0 radical (unpaired) electrons. The van der Waals surface area contributed by atoms with Gasteiger partial charge in [0.2, 0.25) is 0 Å². The van der Waals surface area contributed by atoms with Gasteiger partial charge in [-0.2, -0.15) is 0 Å². The van der Waals surface area contributed by atoms with Crippen LogP contribution in [-0.4, -0.2) is 23.2 Å². The first-order valence-corrected chi connectivity index (χ1v) is 5.29. The molecule has 0 aliphatic rings. The van der Waals surface area contributed by atoms with Gasteiger partial charge in [0.15, 0.2) is 0 Å². The Hall–Kier alpha value is -1.10. The SMILES string of the molecule is CC[C@H](O)[C@H](N)C(=O)OCc1ccccc1.Cl. The molecule has 0 unspecified atom stereocenters. The van der Waals surface area contributed by atoms with Crippen LogP contribution in [-0.2, 0) is 16.1 Å². The number of aliphatic hydroxyl groups excluding tert-OH is 1. The molecule has 0 aliphatic carbocycles. The molecule has 0 bridgehead atoms. The first-order valence-electron chi connectivity index (χ1n) is 5.29. The third kappa shape index (κ3) is 5.17. The highest BCUT2D eigenvalue weighted by molar-refractivity contribution is 5.85. The van der Waals surface area contributed by atoms with E-state index in [2.05, 4.69) is 0 Å². The fourth-order valence-electron chi connectivity index (χ4n) is 1.24. The molecule has 0 spiro atoms.